The van der Waals surface area contributed by atoms with Crippen LogP contribution in [0.4, 0.5) is 10.5 Å². The normalized spacial score (nSPS) is 15.1. The first kappa shape index (κ1) is 13.4. The maximum Gasteiger partial charge on any atom is 0.327 e. The Morgan fingerprint density at radius 3 is 2.47 bits per heavy atom. The van der Waals surface area contributed by atoms with Gasteiger partial charge in [0.15, 0.2) is 0 Å². The van der Waals surface area contributed by atoms with Gasteiger partial charge in [-0.05, 0) is 24.3 Å². The fourth-order valence-corrected chi connectivity index (χ4v) is 1.83. The van der Waals surface area contributed by atoms with Crippen molar-refractivity contribution in [3.05, 3.63) is 29.3 Å². The minimum atomic E-state index is -0.462. The van der Waals surface area contributed by atoms with E-state index in [4.69, 9.17) is 11.6 Å². The minimum absolute atomic E-state index is 0.00700. The fraction of sp³-hybridized carbons (Fsp3) is 0.250. The molecule has 0 unspecified atom stereocenters. The molecule has 1 heterocycles. The minimum Gasteiger partial charge on any atom is -0.325 e. The topological polar surface area (TPSA) is 69.7 Å². The first-order valence-electron chi connectivity index (χ1n) is 5.58. The average Bonchev–Trinajstić information content (AvgIpc) is 2.59. The number of carbonyl (C=O) groups excluding carboxylic acids is 3. The van der Waals surface area contributed by atoms with Crippen LogP contribution >= 0.6 is 11.6 Å². The maximum atomic E-state index is 11.7. The molecule has 0 saturated carbocycles. The lowest BCUT2D eigenvalue weighted by molar-refractivity contribution is -0.129. The third-order valence-electron chi connectivity index (χ3n) is 2.66. The highest BCUT2D eigenvalue weighted by Gasteiger charge is 2.34. The third-order valence-corrected chi connectivity index (χ3v) is 2.91. The van der Waals surface area contributed by atoms with Gasteiger partial charge in [0.05, 0.1) is 0 Å². The van der Waals surface area contributed by atoms with Crippen LogP contribution in [0.1, 0.15) is 0 Å². The summed E-state index contributed by atoms with van der Waals surface area (Å²) in [5.41, 5.74) is 0.557. The number of hydrogen-bond acceptors (Lipinski definition) is 3. The van der Waals surface area contributed by atoms with Gasteiger partial charge in [-0.2, -0.15) is 0 Å². The predicted molar refractivity (Wildman–Crippen MR) is 69.8 cm³/mol. The Hall–Kier alpha value is -2.08. The number of likely N-dealkylation sites (N-methyl/N-ethyl adjacent to an activating group) is 1. The van der Waals surface area contributed by atoms with E-state index in [1.165, 1.54) is 11.9 Å². The summed E-state index contributed by atoms with van der Waals surface area (Å²) in [6.07, 6.45) is 0. The molecule has 1 fully saturated rings. The summed E-state index contributed by atoms with van der Waals surface area (Å²) < 4.78 is 0. The lowest BCUT2D eigenvalue weighted by atomic mass is 10.3. The Kier molecular flexibility index (Phi) is 3.71. The zero-order valence-electron chi connectivity index (χ0n) is 10.2. The lowest BCUT2D eigenvalue weighted by Crippen LogP contribution is -2.38. The number of nitrogens with one attached hydrogen (secondary N) is 1. The van der Waals surface area contributed by atoms with Gasteiger partial charge < -0.3 is 10.2 Å². The number of rotatable bonds is 3. The van der Waals surface area contributed by atoms with Crippen LogP contribution in [0.2, 0.25) is 5.02 Å². The molecular weight excluding hydrogens is 270 g/mol. The van der Waals surface area contributed by atoms with Gasteiger partial charge in [-0.1, -0.05) is 11.6 Å². The van der Waals surface area contributed by atoms with E-state index >= 15 is 0 Å². The Morgan fingerprint density at radius 2 is 1.95 bits per heavy atom. The van der Waals surface area contributed by atoms with E-state index in [0.717, 1.165) is 4.90 Å². The second-order valence-corrected chi connectivity index (χ2v) is 4.61. The summed E-state index contributed by atoms with van der Waals surface area (Å²) in [5.74, 6) is -0.807. The highest BCUT2D eigenvalue weighted by atomic mass is 35.5. The molecule has 0 bridgehead atoms. The monoisotopic (exact) mass is 281 g/mol. The highest BCUT2D eigenvalue weighted by molar-refractivity contribution is 6.30. The standard InChI is InChI=1S/C12H12ClN3O3/c1-15-7-11(18)16(12(15)19)6-10(17)14-9-4-2-8(13)3-5-9/h2-5H,6-7H2,1H3,(H,14,17). The summed E-state index contributed by atoms with van der Waals surface area (Å²) in [6.45, 7) is -0.280. The summed E-state index contributed by atoms with van der Waals surface area (Å²) in [5, 5.41) is 3.15. The van der Waals surface area contributed by atoms with Gasteiger partial charge in [-0.25, -0.2) is 4.79 Å². The van der Waals surface area contributed by atoms with Crippen LogP contribution in [0.5, 0.6) is 0 Å². The van der Waals surface area contributed by atoms with E-state index in [9.17, 15) is 14.4 Å². The van der Waals surface area contributed by atoms with Crippen LogP contribution in [0.3, 0.4) is 0 Å². The first-order valence-corrected chi connectivity index (χ1v) is 5.96. The van der Waals surface area contributed by atoms with Crippen molar-refractivity contribution in [2.45, 2.75) is 0 Å². The number of hydrogen-bond donors (Lipinski definition) is 1. The van der Waals surface area contributed by atoms with Gasteiger partial charge in [-0.3, -0.25) is 14.5 Å². The number of benzene rings is 1. The van der Waals surface area contributed by atoms with Crippen LogP contribution in [0.25, 0.3) is 0 Å². The molecule has 1 aromatic rings. The van der Waals surface area contributed by atoms with Gasteiger partial charge in [0.1, 0.15) is 13.1 Å². The SMILES string of the molecule is CN1CC(=O)N(CC(=O)Nc2ccc(Cl)cc2)C1=O. The molecule has 1 N–H and O–H groups in total. The van der Waals surface area contributed by atoms with E-state index in [-0.39, 0.29) is 19.0 Å². The summed E-state index contributed by atoms with van der Waals surface area (Å²) >= 11 is 5.72. The molecule has 6 nitrogen and oxygen atoms in total. The quantitative estimate of drug-likeness (QED) is 0.846. The van der Waals surface area contributed by atoms with Crippen molar-refractivity contribution in [3.63, 3.8) is 0 Å². The van der Waals surface area contributed by atoms with Crippen molar-refractivity contribution in [2.24, 2.45) is 0 Å². The molecule has 0 spiro atoms. The van der Waals surface area contributed by atoms with Gasteiger partial charge in [0.2, 0.25) is 5.91 Å². The van der Waals surface area contributed by atoms with E-state index in [2.05, 4.69) is 5.32 Å². The van der Waals surface area contributed by atoms with Crippen molar-refractivity contribution >= 4 is 35.1 Å². The number of anilines is 1. The molecule has 100 valence electrons. The van der Waals surface area contributed by atoms with E-state index in [0.29, 0.717) is 10.7 Å². The number of imide groups is 1. The molecule has 4 amide bonds. The van der Waals surface area contributed by atoms with Crippen LogP contribution in [0.15, 0.2) is 24.3 Å². The number of amides is 4. The highest BCUT2D eigenvalue weighted by Crippen LogP contribution is 2.14. The molecule has 2 rings (SSSR count). The third kappa shape index (κ3) is 3.03. The Morgan fingerprint density at radius 1 is 1.32 bits per heavy atom. The van der Waals surface area contributed by atoms with Gasteiger partial charge in [-0.15, -0.1) is 0 Å². The van der Waals surface area contributed by atoms with E-state index < -0.39 is 11.9 Å². The molecule has 0 radical (unpaired) electrons. The molecule has 1 aliphatic rings. The van der Waals surface area contributed by atoms with E-state index in [1.54, 1.807) is 24.3 Å². The summed E-state index contributed by atoms with van der Waals surface area (Å²) in [7, 11) is 1.51. The van der Waals surface area contributed by atoms with Crippen molar-refractivity contribution in [1.82, 2.24) is 9.80 Å². The predicted octanol–water partition coefficient (Wildman–Crippen LogP) is 1.17. The van der Waals surface area contributed by atoms with Crippen molar-refractivity contribution in [3.8, 4) is 0 Å². The summed E-state index contributed by atoms with van der Waals surface area (Å²) in [4.78, 5) is 37.0. The maximum absolute atomic E-state index is 11.7. The van der Waals surface area contributed by atoms with Crippen molar-refractivity contribution in [1.29, 1.82) is 0 Å². The summed E-state index contributed by atoms with van der Waals surface area (Å²) in [6, 6.07) is 6.09. The van der Waals surface area contributed by atoms with Crippen molar-refractivity contribution in [2.75, 3.05) is 25.5 Å². The van der Waals surface area contributed by atoms with Crippen LogP contribution in [0, 0.1) is 0 Å². The Labute approximate surface area is 114 Å². The molecule has 1 aliphatic heterocycles. The lowest BCUT2D eigenvalue weighted by Gasteiger charge is -2.13. The molecule has 0 atom stereocenters. The zero-order chi connectivity index (χ0) is 14.0. The first-order chi connectivity index (χ1) is 8.97. The van der Waals surface area contributed by atoms with Crippen LogP contribution < -0.4 is 5.32 Å². The average molecular weight is 282 g/mol. The number of carbonyl (C=O) groups is 3. The largest absolute Gasteiger partial charge is 0.327 e. The molecular formula is C12H12ClN3O3. The number of nitrogens with zero attached hydrogens (tertiary/aromatic N) is 2. The second-order valence-electron chi connectivity index (χ2n) is 4.17. The molecule has 19 heavy (non-hydrogen) atoms. The smallest absolute Gasteiger partial charge is 0.325 e. The second kappa shape index (κ2) is 5.27. The van der Waals surface area contributed by atoms with E-state index in [1.807, 2.05) is 0 Å². The zero-order valence-corrected chi connectivity index (χ0v) is 11.0. The Bertz CT molecular complexity index is 530. The Balaban J connectivity index is 1.96. The fourth-order valence-electron chi connectivity index (χ4n) is 1.70. The number of halogens is 1. The molecule has 0 aliphatic carbocycles. The van der Waals surface area contributed by atoms with Gasteiger partial charge in [0.25, 0.3) is 5.91 Å². The van der Waals surface area contributed by atoms with Crippen LogP contribution in [-0.2, 0) is 9.59 Å². The van der Waals surface area contributed by atoms with Gasteiger partial charge in [0, 0.05) is 17.8 Å². The molecule has 0 aromatic heterocycles. The van der Waals surface area contributed by atoms with Crippen molar-refractivity contribution < 1.29 is 14.4 Å². The molecule has 7 heteroatoms. The molecule has 1 saturated heterocycles. The number of urea groups is 1. The molecule has 1 aromatic carbocycles. The van der Waals surface area contributed by atoms with Crippen LogP contribution in [-0.4, -0.2) is 47.8 Å². The van der Waals surface area contributed by atoms with Gasteiger partial charge >= 0.3 is 6.03 Å².